The van der Waals surface area contributed by atoms with Gasteiger partial charge in [0, 0.05) is 6.54 Å². The molecule has 1 aliphatic heterocycles. The van der Waals surface area contributed by atoms with Gasteiger partial charge in [0.15, 0.2) is 5.79 Å². The Kier molecular flexibility index (Phi) is 4.51. The summed E-state index contributed by atoms with van der Waals surface area (Å²) in [6.07, 6.45) is -1.11. The first-order valence-electron chi connectivity index (χ1n) is 6.82. The number of hydrogen-bond donors (Lipinski definition) is 2. The van der Waals surface area contributed by atoms with Gasteiger partial charge in [-0.05, 0) is 19.4 Å². The molecule has 116 valence electrons. The van der Waals surface area contributed by atoms with Crippen molar-refractivity contribution in [1.82, 2.24) is 4.90 Å². The van der Waals surface area contributed by atoms with Crippen molar-refractivity contribution in [3.63, 3.8) is 0 Å². The fraction of sp³-hybridized carbons (Fsp3) is 0.533. The summed E-state index contributed by atoms with van der Waals surface area (Å²) in [5.41, 5.74) is -0.241. The number of carboxylic acid groups (broad SMARTS) is 1. The number of hydrogen-bond acceptors (Lipinski definition) is 4. The summed E-state index contributed by atoms with van der Waals surface area (Å²) in [4.78, 5) is 12.8. The molecule has 1 aliphatic rings. The minimum Gasteiger partial charge on any atom is -0.465 e. The van der Waals surface area contributed by atoms with Gasteiger partial charge < -0.3 is 19.7 Å². The predicted octanol–water partition coefficient (Wildman–Crippen LogP) is 1.68. The van der Waals surface area contributed by atoms with E-state index in [0.717, 1.165) is 5.56 Å². The molecule has 0 saturated carbocycles. The zero-order chi connectivity index (χ0) is 15.5. The van der Waals surface area contributed by atoms with Crippen LogP contribution in [0.3, 0.4) is 0 Å². The Morgan fingerprint density at radius 2 is 1.81 bits per heavy atom. The fourth-order valence-electron chi connectivity index (χ4n) is 2.24. The average molecular weight is 295 g/mol. The summed E-state index contributed by atoms with van der Waals surface area (Å²) in [5, 5.41) is 19.3. The van der Waals surface area contributed by atoms with Gasteiger partial charge >= 0.3 is 6.09 Å². The molecule has 0 aromatic heterocycles. The van der Waals surface area contributed by atoms with Gasteiger partial charge in [-0.1, -0.05) is 30.3 Å². The predicted molar refractivity (Wildman–Crippen MR) is 75.8 cm³/mol. The van der Waals surface area contributed by atoms with Crippen LogP contribution < -0.4 is 0 Å². The van der Waals surface area contributed by atoms with Crippen LogP contribution in [0.2, 0.25) is 0 Å². The monoisotopic (exact) mass is 295 g/mol. The van der Waals surface area contributed by atoms with Gasteiger partial charge in [-0.15, -0.1) is 0 Å². The van der Waals surface area contributed by atoms with E-state index in [1.807, 2.05) is 30.3 Å². The van der Waals surface area contributed by atoms with Gasteiger partial charge in [0.2, 0.25) is 0 Å². The standard InChI is InChI=1S/C15H21NO5/c1-14(2)20-10-15(9-17,11-21-14)16(13(18)19)8-12-6-4-3-5-7-12/h3-7,17H,8-11H2,1-2H3,(H,18,19). The second kappa shape index (κ2) is 6.01. The van der Waals surface area contributed by atoms with Crippen LogP contribution in [0, 0.1) is 0 Å². The maximum absolute atomic E-state index is 11.6. The van der Waals surface area contributed by atoms with Crippen molar-refractivity contribution in [3.05, 3.63) is 35.9 Å². The Hall–Kier alpha value is -1.63. The number of rotatable bonds is 4. The first-order chi connectivity index (χ1) is 9.88. The molecule has 0 bridgehead atoms. The number of amides is 1. The number of carbonyl (C=O) groups is 1. The first-order valence-corrected chi connectivity index (χ1v) is 6.82. The second-order valence-corrected chi connectivity index (χ2v) is 5.71. The number of ether oxygens (including phenoxy) is 2. The molecule has 0 radical (unpaired) electrons. The van der Waals surface area contributed by atoms with Gasteiger partial charge in [0.1, 0.15) is 5.54 Å². The van der Waals surface area contributed by atoms with E-state index in [4.69, 9.17) is 9.47 Å². The molecule has 2 rings (SSSR count). The topological polar surface area (TPSA) is 79.2 Å². The normalized spacial score (nSPS) is 20.0. The highest BCUT2D eigenvalue weighted by atomic mass is 16.7. The molecule has 1 amide bonds. The highest BCUT2D eigenvalue weighted by Crippen LogP contribution is 2.29. The number of aliphatic hydroxyl groups is 1. The largest absolute Gasteiger partial charge is 0.465 e. The zero-order valence-corrected chi connectivity index (χ0v) is 12.3. The van der Waals surface area contributed by atoms with E-state index < -0.39 is 17.4 Å². The van der Waals surface area contributed by atoms with E-state index in [1.54, 1.807) is 13.8 Å². The molecule has 1 heterocycles. The van der Waals surface area contributed by atoms with Gasteiger partial charge in [-0.3, -0.25) is 4.90 Å². The van der Waals surface area contributed by atoms with E-state index in [2.05, 4.69) is 0 Å². The molecule has 1 saturated heterocycles. The van der Waals surface area contributed by atoms with Crippen LogP contribution in [0.25, 0.3) is 0 Å². The van der Waals surface area contributed by atoms with E-state index in [9.17, 15) is 15.0 Å². The fourth-order valence-corrected chi connectivity index (χ4v) is 2.24. The van der Waals surface area contributed by atoms with E-state index in [1.165, 1.54) is 4.90 Å². The van der Waals surface area contributed by atoms with Crippen LogP contribution >= 0.6 is 0 Å². The maximum atomic E-state index is 11.6. The number of nitrogens with zero attached hydrogens (tertiary/aromatic N) is 1. The summed E-state index contributed by atoms with van der Waals surface area (Å²) in [7, 11) is 0. The van der Waals surface area contributed by atoms with Crippen molar-refractivity contribution in [3.8, 4) is 0 Å². The maximum Gasteiger partial charge on any atom is 0.408 e. The Balaban J connectivity index is 2.21. The molecule has 1 aromatic carbocycles. The first kappa shape index (κ1) is 15.8. The molecule has 0 spiro atoms. The lowest BCUT2D eigenvalue weighted by Crippen LogP contribution is -2.64. The lowest BCUT2D eigenvalue weighted by Gasteiger charge is -2.47. The van der Waals surface area contributed by atoms with Gasteiger partial charge in [0.25, 0.3) is 0 Å². The minimum atomic E-state index is -1.11. The van der Waals surface area contributed by atoms with E-state index >= 15 is 0 Å². The molecule has 6 nitrogen and oxygen atoms in total. The highest BCUT2D eigenvalue weighted by Gasteiger charge is 2.46. The lowest BCUT2D eigenvalue weighted by atomic mass is 9.98. The molecular formula is C15H21NO5. The Morgan fingerprint density at radius 1 is 1.24 bits per heavy atom. The van der Waals surface area contributed by atoms with Gasteiger partial charge in [-0.2, -0.15) is 0 Å². The third kappa shape index (κ3) is 3.53. The number of aliphatic hydroxyl groups excluding tert-OH is 1. The molecule has 0 aliphatic carbocycles. The molecule has 2 N–H and O–H groups in total. The molecule has 1 aromatic rings. The third-order valence-corrected chi connectivity index (χ3v) is 3.66. The molecule has 0 atom stereocenters. The van der Waals surface area contributed by atoms with Crippen LogP contribution in [0.1, 0.15) is 19.4 Å². The van der Waals surface area contributed by atoms with Crippen LogP contribution in [-0.4, -0.2) is 52.4 Å². The summed E-state index contributed by atoms with van der Waals surface area (Å²) >= 11 is 0. The summed E-state index contributed by atoms with van der Waals surface area (Å²) in [6.45, 7) is 3.52. The SMILES string of the molecule is CC1(C)OCC(CO)(N(Cc2ccccc2)C(=O)O)CO1. The van der Waals surface area contributed by atoms with Crippen LogP contribution in [-0.2, 0) is 16.0 Å². The zero-order valence-electron chi connectivity index (χ0n) is 12.3. The average Bonchev–Trinajstić information content (AvgIpc) is 2.47. The van der Waals surface area contributed by atoms with Crippen LogP contribution in [0.15, 0.2) is 30.3 Å². The Labute approximate surface area is 123 Å². The van der Waals surface area contributed by atoms with Crippen molar-refractivity contribution >= 4 is 6.09 Å². The molecule has 0 unspecified atom stereocenters. The number of benzene rings is 1. The van der Waals surface area contributed by atoms with Gasteiger partial charge in [-0.25, -0.2) is 4.79 Å². The summed E-state index contributed by atoms with van der Waals surface area (Å²) < 4.78 is 11.1. The van der Waals surface area contributed by atoms with E-state index in [0.29, 0.717) is 0 Å². The Bertz CT molecular complexity index is 478. The summed E-state index contributed by atoms with van der Waals surface area (Å²) in [6, 6.07) is 9.24. The van der Waals surface area contributed by atoms with Crippen molar-refractivity contribution in [2.24, 2.45) is 0 Å². The van der Waals surface area contributed by atoms with E-state index in [-0.39, 0.29) is 26.4 Å². The quantitative estimate of drug-likeness (QED) is 0.883. The highest BCUT2D eigenvalue weighted by molar-refractivity contribution is 5.66. The third-order valence-electron chi connectivity index (χ3n) is 3.66. The molecule has 6 heteroatoms. The van der Waals surface area contributed by atoms with Crippen molar-refractivity contribution in [1.29, 1.82) is 0 Å². The molecular weight excluding hydrogens is 274 g/mol. The smallest absolute Gasteiger partial charge is 0.408 e. The lowest BCUT2D eigenvalue weighted by molar-refractivity contribution is -0.289. The second-order valence-electron chi connectivity index (χ2n) is 5.71. The van der Waals surface area contributed by atoms with Crippen molar-refractivity contribution in [2.45, 2.75) is 31.7 Å². The molecule has 21 heavy (non-hydrogen) atoms. The van der Waals surface area contributed by atoms with Crippen LogP contribution in [0.4, 0.5) is 4.79 Å². The minimum absolute atomic E-state index is 0.0929. The van der Waals surface area contributed by atoms with Crippen LogP contribution in [0.5, 0.6) is 0 Å². The Morgan fingerprint density at radius 3 is 2.29 bits per heavy atom. The van der Waals surface area contributed by atoms with Gasteiger partial charge in [0.05, 0.1) is 19.8 Å². The van der Waals surface area contributed by atoms with Crippen molar-refractivity contribution in [2.75, 3.05) is 19.8 Å². The van der Waals surface area contributed by atoms with Crippen molar-refractivity contribution < 1.29 is 24.5 Å². The molecule has 1 fully saturated rings. The summed E-state index contributed by atoms with van der Waals surface area (Å²) in [5.74, 6) is -0.768.